The van der Waals surface area contributed by atoms with E-state index in [1.165, 1.54) is 0 Å². The predicted molar refractivity (Wildman–Crippen MR) is 95.4 cm³/mol. The third-order valence-electron chi connectivity index (χ3n) is 3.87. The maximum Gasteiger partial charge on any atom is 0.255 e. The standard InChI is InChI=1S/C19H15N5O/c1-13-21-22-18-11-10-17(23-24(13)18)15-8-5-9-16(12-15)20-19(25)14-6-3-2-4-7-14/h2-12H,1H3,(H,20,25). The highest BCUT2D eigenvalue weighted by molar-refractivity contribution is 6.04. The second-order valence-corrected chi connectivity index (χ2v) is 5.64. The van der Waals surface area contributed by atoms with Gasteiger partial charge in [-0.1, -0.05) is 30.3 Å². The van der Waals surface area contributed by atoms with Gasteiger partial charge in [-0.15, -0.1) is 10.2 Å². The Balaban J connectivity index is 1.64. The van der Waals surface area contributed by atoms with E-state index in [1.807, 2.05) is 61.5 Å². The number of carbonyl (C=O) groups is 1. The second kappa shape index (κ2) is 6.16. The van der Waals surface area contributed by atoms with Crippen molar-refractivity contribution in [1.29, 1.82) is 0 Å². The normalized spacial score (nSPS) is 10.8. The van der Waals surface area contributed by atoms with E-state index in [4.69, 9.17) is 0 Å². The number of aryl methyl sites for hydroxylation is 1. The van der Waals surface area contributed by atoms with Crippen molar-refractivity contribution in [2.45, 2.75) is 6.92 Å². The van der Waals surface area contributed by atoms with E-state index < -0.39 is 0 Å². The van der Waals surface area contributed by atoms with Crippen molar-refractivity contribution >= 4 is 17.2 Å². The summed E-state index contributed by atoms with van der Waals surface area (Å²) in [6, 6.07) is 20.5. The Hall–Kier alpha value is -3.54. The molecule has 0 saturated carbocycles. The Morgan fingerprint density at radius 2 is 1.80 bits per heavy atom. The molecule has 0 saturated heterocycles. The molecule has 25 heavy (non-hydrogen) atoms. The van der Waals surface area contributed by atoms with E-state index in [2.05, 4.69) is 20.6 Å². The lowest BCUT2D eigenvalue weighted by Gasteiger charge is -2.08. The van der Waals surface area contributed by atoms with Gasteiger partial charge in [0, 0.05) is 16.8 Å². The molecular formula is C19H15N5O. The molecule has 0 aliphatic heterocycles. The van der Waals surface area contributed by atoms with Crippen molar-refractivity contribution in [3.05, 3.63) is 78.1 Å². The van der Waals surface area contributed by atoms with Crippen molar-refractivity contribution in [2.75, 3.05) is 5.32 Å². The van der Waals surface area contributed by atoms with Gasteiger partial charge in [0.15, 0.2) is 11.5 Å². The molecule has 0 bridgehead atoms. The van der Waals surface area contributed by atoms with Crippen LogP contribution in [0, 0.1) is 6.92 Å². The number of amides is 1. The summed E-state index contributed by atoms with van der Waals surface area (Å²) in [5, 5.41) is 15.5. The number of anilines is 1. The molecule has 0 spiro atoms. The van der Waals surface area contributed by atoms with Crippen LogP contribution in [0.15, 0.2) is 66.7 Å². The van der Waals surface area contributed by atoms with E-state index in [0.717, 1.165) is 17.1 Å². The third-order valence-corrected chi connectivity index (χ3v) is 3.87. The van der Waals surface area contributed by atoms with Crippen LogP contribution in [0.1, 0.15) is 16.2 Å². The molecule has 2 aromatic heterocycles. The van der Waals surface area contributed by atoms with Crippen molar-refractivity contribution < 1.29 is 4.79 Å². The highest BCUT2D eigenvalue weighted by Crippen LogP contribution is 2.21. The van der Waals surface area contributed by atoms with Gasteiger partial charge in [-0.05, 0) is 43.3 Å². The van der Waals surface area contributed by atoms with Crippen LogP contribution >= 0.6 is 0 Å². The molecule has 0 aliphatic carbocycles. The number of fused-ring (bicyclic) bond motifs is 1. The Bertz CT molecular complexity index is 1060. The fourth-order valence-corrected chi connectivity index (χ4v) is 2.60. The van der Waals surface area contributed by atoms with E-state index in [1.54, 1.807) is 16.6 Å². The second-order valence-electron chi connectivity index (χ2n) is 5.64. The average Bonchev–Trinajstić information content (AvgIpc) is 3.03. The summed E-state index contributed by atoms with van der Waals surface area (Å²) >= 11 is 0. The topological polar surface area (TPSA) is 72.2 Å². The summed E-state index contributed by atoms with van der Waals surface area (Å²) in [5.41, 5.74) is 3.73. The van der Waals surface area contributed by atoms with Gasteiger partial charge in [-0.2, -0.15) is 9.61 Å². The zero-order valence-corrected chi connectivity index (χ0v) is 13.5. The monoisotopic (exact) mass is 329 g/mol. The molecule has 0 atom stereocenters. The number of hydrogen-bond donors (Lipinski definition) is 1. The number of nitrogens with zero attached hydrogens (tertiary/aromatic N) is 4. The molecule has 0 radical (unpaired) electrons. The van der Waals surface area contributed by atoms with Crippen molar-refractivity contribution in [2.24, 2.45) is 0 Å². The molecule has 4 aromatic rings. The highest BCUT2D eigenvalue weighted by atomic mass is 16.1. The van der Waals surface area contributed by atoms with Crippen molar-refractivity contribution in [3.8, 4) is 11.3 Å². The predicted octanol–water partition coefficient (Wildman–Crippen LogP) is 3.35. The lowest BCUT2D eigenvalue weighted by atomic mass is 10.1. The van der Waals surface area contributed by atoms with Gasteiger partial charge in [0.2, 0.25) is 0 Å². The van der Waals surface area contributed by atoms with Gasteiger partial charge in [-0.25, -0.2) is 0 Å². The van der Waals surface area contributed by atoms with Crippen LogP contribution in [0.25, 0.3) is 16.9 Å². The van der Waals surface area contributed by atoms with Gasteiger partial charge in [-0.3, -0.25) is 4.79 Å². The summed E-state index contributed by atoms with van der Waals surface area (Å²) < 4.78 is 1.70. The SMILES string of the molecule is Cc1nnc2ccc(-c3cccc(NC(=O)c4ccccc4)c3)nn12. The lowest BCUT2D eigenvalue weighted by Crippen LogP contribution is -2.11. The zero-order valence-electron chi connectivity index (χ0n) is 13.5. The van der Waals surface area contributed by atoms with E-state index >= 15 is 0 Å². The molecule has 0 fully saturated rings. The largest absolute Gasteiger partial charge is 0.322 e. The average molecular weight is 329 g/mol. The number of nitrogens with one attached hydrogen (secondary N) is 1. The highest BCUT2D eigenvalue weighted by Gasteiger charge is 2.08. The van der Waals surface area contributed by atoms with Crippen LogP contribution in [0.3, 0.4) is 0 Å². The van der Waals surface area contributed by atoms with Gasteiger partial charge >= 0.3 is 0 Å². The third kappa shape index (κ3) is 2.97. The summed E-state index contributed by atoms with van der Waals surface area (Å²) in [4.78, 5) is 12.3. The minimum Gasteiger partial charge on any atom is -0.322 e. The smallest absolute Gasteiger partial charge is 0.255 e. The van der Waals surface area contributed by atoms with Gasteiger partial charge in [0.05, 0.1) is 5.69 Å². The quantitative estimate of drug-likeness (QED) is 0.625. The van der Waals surface area contributed by atoms with Crippen LogP contribution in [-0.2, 0) is 0 Å². The summed E-state index contributed by atoms with van der Waals surface area (Å²) in [6.07, 6.45) is 0. The molecule has 6 nitrogen and oxygen atoms in total. The summed E-state index contributed by atoms with van der Waals surface area (Å²) in [5.74, 6) is 0.584. The molecule has 0 unspecified atom stereocenters. The van der Waals surface area contributed by atoms with E-state index in [0.29, 0.717) is 16.9 Å². The Kier molecular flexibility index (Phi) is 3.70. The molecule has 1 N–H and O–H groups in total. The lowest BCUT2D eigenvalue weighted by molar-refractivity contribution is 0.102. The molecule has 2 heterocycles. The summed E-state index contributed by atoms with van der Waals surface area (Å²) in [6.45, 7) is 1.85. The van der Waals surface area contributed by atoms with Gasteiger partial charge < -0.3 is 5.32 Å². The first kappa shape index (κ1) is 15.0. The van der Waals surface area contributed by atoms with Crippen LogP contribution in [0.4, 0.5) is 5.69 Å². The maximum atomic E-state index is 12.3. The van der Waals surface area contributed by atoms with E-state index in [-0.39, 0.29) is 5.91 Å². The maximum absolute atomic E-state index is 12.3. The minimum absolute atomic E-state index is 0.143. The molecule has 1 amide bonds. The zero-order chi connectivity index (χ0) is 17.2. The first-order valence-corrected chi connectivity index (χ1v) is 7.86. The van der Waals surface area contributed by atoms with Crippen LogP contribution in [0.5, 0.6) is 0 Å². The Morgan fingerprint density at radius 3 is 2.64 bits per heavy atom. The van der Waals surface area contributed by atoms with Crippen LogP contribution in [-0.4, -0.2) is 25.7 Å². The molecular weight excluding hydrogens is 314 g/mol. The first-order chi connectivity index (χ1) is 12.2. The Morgan fingerprint density at radius 1 is 0.960 bits per heavy atom. The minimum atomic E-state index is -0.143. The first-order valence-electron chi connectivity index (χ1n) is 7.86. The van der Waals surface area contributed by atoms with Gasteiger partial charge in [0.25, 0.3) is 5.91 Å². The summed E-state index contributed by atoms with van der Waals surface area (Å²) in [7, 11) is 0. The number of rotatable bonds is 3. The van der Waals surface area contributed by atoms with Crippen molar-refractivity contribution in [3.63, 3.8) is 0 Å². The van der Waals surface area contributed by atoms with Crippen LogP contribution in [0.2, 0.25) is 0 Å². The Labute approximate surface area is 144 Å². The van der Waals surface area contributed by atoms with E-state index in [9.17, 15) is 4.79 Å². The van der Waals surface area contributed by atoms with Gasteiger partial charge in [0.1, 0.15) is 0 Å². The number of hydrogen-bond acceptors (Lipinski definition) is 4. The fourth-order valence-electron chi connectivity index (χ4n) is 2.60. The molecule has 4 rings (SSSR count). The number of carbonyl (C=O) groups excluding carboxylic acids is 1. The van der Waals surface area contributed by atoms with Crippen LogP contribution < -0.4 is 5.32 Å². The number of benzene rings is 2. The van der Waals surface area contributed by atoms with Crippen molar-refractivity contribution in [1.82, 2.24) is 19.8 Å². The molecule has 2 aromatic carbocycles. The number of aromatic nitrogens is 4. The molecule has 122 valence electrons. The molecule has 0 aliphatic rings. The fraction of sp³-hybridized carbons (Fsp3) is 0.0526. The molecule has 6 heteroatoms.